The summed E-state index contributed by atoms with van der Waals surface area (Å²) in [6.45, 7) is 0.539. The van der Waals surface area contributed by atoms with Crippen LogP contribution in [0.2, 0.25) is 5.02 Å². The Balaban J connectivity index is 1.87. The maximum atomic E-state index is 13.3. The fourth-order valence-electron chi connectivity index (χ4n) is 2.96. The minimum Gasteiger partial charge on any atom is -0.497 e. The quantitative estimate of drug-likeness (QED) is 0.522. The molecule has 0 heterocycles. The highest BCUT2D eigenvalue weighted by Crippen LogP contribution is 2.26. The smallest absolute Gasteiger partial charge is 0.322 e. The van der Waals surface area contributed by atoms with Crippen molar-refractivity contribution in [3.63, 3.8) is 0 Å². The highest BCUT2D eigenvalue weighted by Gasteiger charge is 2.18. The first-order chi connectivity index (χ1) is 14.5. The van der Waals surface area contributed by atoms with Gasteiger partial charge in [-0.05, 0) is 60.2 Å². The zero-order chi connectivity index (χ0) is 21.5. The van der Waals surface area contributed by atoms with E-state index in [9.17, 15) is 9.18 Å². The Kier molecular flexibility index (Phi) is 7.14. The fourth-order valence-corrected chi connectivity index (χ4v) is 3.08. The van der Waals surface area contributed by atoms with Gasteiger partial charge in [-0.3, -0.25) is 0 Å². The maximum absolute atomic E-state index is 13.3. The highest BCUT2D eigenvalue weighted by atomic mass is 35.5. The van der Waals surface area contributed by atoms with Gasteiger partial charge in [-0.1, -0.05) is 23.7 Å². The number of hydrogen-bond acceptors (Lipinski definition) is 3. The van der Waals surface area contributed by atoms with Crippen molar-refractivity contribution < 1.29 is 18.7 Å². The van der Waals surface area contributed by atoms with Crippen molar-refractivity contribution >= 4 is 23.3 Å². The molecule has 0 atom stereocenters. The van der Waals surface area contributed by atoms with Gasteiger partial charge in [-0.2, -0.15) is 0 Å². The van der Waals surface area contributed by atoms with Crippen LogP contribution < -0.4 is 14.8 Å². The summed E-state index contributed by atoms with van der Waals surface area (Å²) in [4.78, 5) is 14.7. The molecule has 30 heavy (non-hydrogen) atoms. The molecule has 0 bridgehead atoms. The van der Waals surface area contributed by atoms with Crippen molar-refractivity contribution in [1.82, 2.24) is 4.90 Å². The fraction of sp³-hybridized carbons (Fsp3) is 0.174. The molecule has 3 aromatic rings. The van der Waals surface area contributed by atoms with Gasteiger partial charge in [0, 0.05) is 22.8 Å². The summed E-state index contributed by atoms with van der Waals surface area (Å²) in [7, 11) is 3.15. The molecular weight excluding hydrogens is 407 g/mol. The van der Waals surface area contributed by atoms with Crippen LogP contribution in [0.25, 0.3) is 0 Å². The molecule has 1 N–H and O–H groups in total. The van der Waals surface area contributed by atoms with E-state index >= 15 is 0 Å². The first kappa shape index (κ1) is 21.5. The molecule has 0 saturated heterocycles. The summed E-state index contributed by atoms with van der Waals surface area (Å²) in [6, 6.07) is 18.0. The largest absolute Gasteiger partial charge is 0.497 e. The second-order valence-electron chi connectivity index (χ2n) is 6.60. The van der Waals surface area contributed by atoms with E-state index in [0.717, 1.165) is 11.1 Å². The molecule has 0 saturated carbocycles. The molecule has 0 spiro atoms. The van der Waals surface area contributed by atoms with Crippen molar-refractivity contribution in [2.24, 2.45) is 0 Å². The first-order valence-electron chi connectivity index (χ1n) is 9.25. The molecule has 3 rings (SSSR count). The predicted molar refractivity (Wildman–Crippen MR) is 116 cm³/mol. The van der Waals surface area contributed by atoms with Crippen LogP contribution in [0.5, 0.6) is 11.5 Å². The van der Waals surface area contributed by atoms with E-state index in [4.69, 9.17) is 21.1 Å². The standard InChI is InChI=1S/C23H22ClFN2O3/c1-29-21-11-12-22(30-2)17(13-21)15-27(14-16-3-7-19(25)8-4-16)23(28)26-20-9-5-18(24)6-10-20/h3-13H,14-15H2,1-2H3,(H,26,28). The molecule has 0 aromatic heterocycles. The van der Waals surface area contributed by atoms with Crippen LogP contribution >= 0.6 is 11.6 Å². The lowest BCUT2D eigenvalue weighted by atomic mass is 10.1. The molecule has 0 aliphatic rings. The Labute approximate surface area is 180 Å². The first-order valence-corrected chi connectivity index (χ1v) is 9.63. The molecule has 0 fully saturated rings. The van der Waals surface area contributed by atoms with E-state index in [1.54, 1.807) is 67.7 Å². The maximum Gasteiger partial charge on any atom is 0.322 e. The number of nitrogens with one attached hydrogen (secondary N) is 1. The van der Waals surface area contributed by atoms with Crippen molar-refractivity contribution in [2.45, 2.75) is 13.1 Å². The number of ether oxygens (including phenoxy) is 2. The van der Waals surface area contributed by atoms with E-state index in [1.807, 2.05) is 6.07 Å². The summed E-state index contributed by atoms with van der Waals surface area (Å²) >= 11 is 5.92. The minimum absolute atomic E-state index is 0.261. The van der Waals surface area contributed by atoms with Gasteiger partial charge in [0.05, 0.1) is 20.8 Å². The van der Waals surface area contributed by atoms with E-state index in [0.29, 0.717) is 22.2 Å². The molecule has 3 aromatic carbocycles. The molecule has 156 valence electrons. The number of halogens is 2. The van der Waals surface area contributed by atoms with Crippen molar-refractivity contribution in [1.29, 1.82) is 0 Å². The second-order valence-corrected chi connectivity index (χ2v) is 7.03. The number of hydrogen-bond donors (Lipinski definition) is 1. The zero-order valence-electron chi connectivity index (χ0n) is 16.7. The van der Waals surface area contributed by atoms with Gasteiger partial charge in [-0.15, -0.1) is 0 Å². The van der Waals surface area contributed by atoms with Crippen LogP contribution in [-0.4, -0.2) is 25.2 Å². The number of anilines is 1. The molecule has 0 aliphatic carbocycles. The number of urea groups is 1. The summed E-state index contributed by atoms with van der Waals surface area (Å²) in [6.07, 6.45) is 0. The number of nitrogens with zero attached hydrogens (tertiary/aromatic N) is 1. The minimum atomic E-state index is -0.328. The van der Waals surface area contributed by atoms with E-state index < -0.39 is 0 Å². The number of carbonyl (C=O) groups excluding carboxylic acids is 1. The Morgan fingerprint density at radius 3 is 2.30 bits per heavy atom. The summed E-state index contributed by atoms with van der Waals surface area (Å²) in [5.74, 6) is 0.968. The van der Waals surface area contributed by atoms with Gasteiger partial charge in [0.1, 0.15) is 17.3 Å². The lowest BCUT2D eigenvalue weighted by Gasteiger charge is -2.24. The van der Waals surface area contributed by atoms with E-state index in [2.05, 4.69) is 5.32 Å². The lowest BCUT2D eigenvalue weighted by Crippen LogP contribution is -2.34. The van der Waals surface area contributed by atoms with Gasteiger partial charge in [0.2, 0.25) is 0 Å². The molecule has 0 unspecified atom stereocenters. The third-order valence-electron chi connectivity index (χ3n) is 4.52. The third-order valence-corrected chi connectivity index (χ3v) is 4.77. The number of benzene rings is 3. The van der Waals surface area contributed by atoms with Crippen LogP contribution in [0.4, 0.5) is 14.9 Å². The molecule has 0 radical (unpaired) electrons. The normalized spacial score (nSPS) is 10.4. The highest BCUT2D eigenvalue weighted by molar-refractivity contribution is 6.30. The molecule has 2 amide bonds. The van der Waals surface area contributed by atoms with Crippen LogP contribution in [0.1, 0.15) is 11.1 Å². The van der Waals surface area contributed by atoms with Crippen LogP contribution in [0, 0.1) is 5.82 Å². The van der Waals surface area contributed by atoms with E-state index in [1.165, 1.54) is 12.1 Å². The molecule has 5 nitrogen and oxygen atoms in total. The zero-order valence-corrected chi connectivity index (χ0v) is 17.4. The summed E-state index contributed by atoms with van der Waals surface area (Å²) in [5, 5.41) is 3.45. The average Bonchev–Trinajstić information content (AvgIpc) is 2.76. The van der Waals surface area contributed by atoms with Crippen LogP contribution in [0.3, 0.4) is 0 Å². The Hall–Kier alpha value is -3.25. The van der Waals surface area contributed by atoms with Gasteiger partial charge in [0.25, 0.3) is 0 Å². The van der Waals surface area contributed by atoms with Crippen molar-refractivity contribution in [3.05, 3.63) is 88.7 Å². The molecular formula is C23H22ClFN2O3. The third kappa shape index (κ3) is 5.64. The van der Waals surface area contributed by atoms with Crippen molar-refractivity contribution in [3.8, 4) is 11.5 Å². The number of amides is 2. The summed E-state index contributed by atoms with van der Waals surface area (Å²) in [5.41, 5.74) is 2.20. The number of carbonyl (C=O) groups is 1. The number of methoxy groups -OCH3 is 2. The van der Waals surface area contributed by atoms with Crippen molar-refractivity contribution in [2.75, 3.05) is 19.5 Å². The number of rotatable bonds is 7. The van der Waals surface area contributed by atoms with Gasteiger partial charge in [-0.25, -0.2) is 9.18 Å². The Morgan fingerprint density at radius 1 is 0.967 bits per heavy atom. The molecule has 0 aliphatic heterocycles. The second kappa shape index (κ2) is 9.98. The predicted octanol–water partition coefficient (Wildman–Crippen LogP) is 5.73. The summed E-state index contributed by atoms with van der Waals surface area (Å²) < 4.78 is 24.0. The SMILES string of the molecule is COc1ccc(OC)c(CN(Cc2ccc(F)cc2)C(=O)Nc2ccc(Cl)cc2)c1. The Morgan fingerprint density at radius 2 is 1.67 bits per heavy atom. The topological polar surface area (TPSA) is 50.8 Å². The lowest BCUT2D eigenvalue weighted by molar-refractivity contribution is 0.205. The van der Waals surface area contributed by atoms with Crippen LogP contribution in [-0.2, 0) is 13.1 Å². The van der Waals surface area contributed by atoms with Gasteiger partial charge < -0.3 is 19.7 Å². The average molecular weight is 429 g/mol. The van der Waals surface area contributed by atoms with Gasteiger partial charge in [0.15, 0.2) is 0 Å². The van der Waals surface area contributed by atoms with Gasteiger partial charge >= 0.3 is 6.03 Å². The molecule has 7 heteroatoms. The van der Waals surface area contributed by atoms with Crippen LogP contribution in [0.15, 0.2) is 66.7 Å². The Bertz CT molecular complexity index is 994. The van der Waals surface area contributed by atoms with E-state index in [-0.39, 0.29) is 24.9 Å². The monoisotopic (exact) mass is 428 g/mol.